The Morgan fingerprint density at radius 1 is 1.00 bits per heavy atom. The minimum atomic E-state index is -5.22. The van der Waals surface area contributed by atoms with Gasteiger partial charge in [-0.1, -0.05) is 0 Å². The first kappa shape index (κ1) is 10.5. The predicted molar refractivity (Wildman–Crippen MR) is 3.32 cm³/mol. The van der Waals surface area contributed by atoms with Crippen molar-refractivity contribution in [1.82, 2.24) is 0 Å². The summed E-state index contributed by atoms with van der Waals surface area (Å²) in [4.78, 5) is 0. The molecule has 0 aromatic carbocycles. The molecule has 0 nitrogen and oxygen atoms in total. The average Bonchev–Trinajstić information content (AvgIpc) is 0.811. The van der Waals surface area contributed by atoms with Gasteiger partial charge in [0.15, 0.2) is 0 Å². The summed E-state index contributed by atoms with van der Waals surface area (Å²) in [5.41, 5.74) is 0. The Labute approximate surface area is 81.7 Å². The number of hydrogen-bond acceptors (Lipinski definition) is 0. The monoisotopic (exact) mass is 370 g/mol. The van der Waals surface area contributed by atoms with Gasteiger partial charge in [-0.25, -0.2) is 0 Å². The second kappa shape index (κ2) is 6.50. The quantitative estimate of drug-likeness (QED) is 0.604. The Hall–Kier alpha value is 2.50. The van der Waals surface area contributed by atoms with Gasteiger partial charge in [-0.15, -0.1) is 0 Å². The van der Waals surface area contributed by atoms with Crippen molar-refractivity contribution in [3.05, 3.63) is 0 Å². The van der Waals surface area contributed by atoms with Crippen molar-refractivity contribution in [2.45, 2.75) is 0 Å². The standard InChI is InChI=1S/3FH.La.Yb/h3*1H;;/q;;;+3;/p-3. The van der Waals surface area contributed by atoms with Gasteiger partial charge in [-0.2, -0.15) is 0 Å². The molecular formula is F3LaYb. The van der Waals surface area contributed by atoms with Crippen LogP contribution in [0.25, 0.3) is 0 Å². The van der Waals surface area contributed by atoms with Gasteiger partial charge in [0.2, 0.25) is 0 Å². The van der Waals surface area contributed by atoms with Crippen molar-refractivity contribution in [3.63, 3.8) is 0 Å². The van der Waals surface area contributed by atoms with Crippen LogP contribution in [0.4, 0.5) is 4.81 Å². The molecule has 0 saturated carbocycles. The van der Waals surface area contributed by atoms with Gasteiger partial charge in [0, 0.05) is 46.9 Å². The van der Waals surface area contributed by atoms with E-state index in [1.165, 1.54) is 0 Å². The van der Waals surface area contributed by atoms with Gasteiger partial charge in [-0.05, 0) is 0 Å². The molecule has 0 atom stereocenters. The fourth-order valence-electron chi connectivity index (χ4n) is 0. The zero-order valence-corrected chi connectivity index (χ0v) is 7.32. The van der Waals surface area contributed by atoms with Crippen LogP contribution in [0.15, 0.2) is 0 Å². The summed E-state index contributed by atoms with van der Waals surface area (Å²) in [6.07, 6.45) is 0. The van der Waals surface area contributed by atoms with Gasteiger partial charge in [0.1, 0.15) is 0 Å². The Morgan fingerprint density at radius 3 is 1.00 bits per heavy atom. The average molecular weight is 369 g/mol. The third-order valence-corrected chi connectivity index (χ3v) is 0. The molecule has 0 unspecified atom stereocenters. The van der Waals surface area contributed by atoms with Crippen LogP contribution >= 0.6 is 0 Å². The zero-order chi connectivity index (χ0) is 3.58. The maximum Gasteiger partial charge on any atom is 0 e. The molecule has 5 heavy (non-hydrogen) atoms. The van der Waals surface area contributed by atoms with E-state index in [9.17, 15) is 4.81 Å². The van der Waals surface area contributed by atoms with E-state index in [1.807, 2.05) is 0 Å². The molecule has 0 bridgehead atoms. The summed E-state index contributed by atoms with van der Waals surface area (Å²) in [5.74, 6) is 0. The first-order valence-electron chi connectivity index (χ1n) is 0.655. The van der Waals surface area contributed by atoms with Gasteiger partial charge >= 0.3 is 37.1 Å². The van der Waals surface area contributed by atoms with E-state index >= 15 is 0 Å². The van der Waals surface area contributed by atoms with Gasteiger partial charge in [-0.3, -0.25) is 0 Å². The normalized spacial score (nSPS) is 5.40. The van der Waals surface area contributed by atoms with Crippen LogP contribution in [-0.2, 0) is 0 Å². The first-order valence-corrected chi connectivity index (χ1v) is 4.77. The number of rotatable bonds is 0. The van der Waals surface area contributed by atoms with Crippen molar-refractivity contribution in [2.75, 3.05) is 0 Å². The smallest absolute Gasteiger partial charge is 0 e. The molecule has 0 aliphatic carbocycles. The molecule has 0 fully saturated rings. The maximum absolute atomic E-state index is 9.89. The molecule has 38 valence electrons. The fourth-order valence-corrected chi connectivity index (χ4v) is 0. The Morgan fingerprint density at radius 2 is 1.00 bits per heavy atom. The molecule has 0 aromatic rings. The molecule has 0 rings (SSSR count). The van der Waals surface area contributed by atoms with E-state index in [0.717, 1.165) is 0 Å². The minimum Gasteiger partial charge on any atom is 0 e. The molecule has 0 N–H and O–H groups in total. The third kappa shape index (κ3) is 21.0. The fraction of sp³-hybridized carbons (Fsp3) is 0. The summed E-state index contributed by atoms with van der Waals surface area (Å²) in [6, 6.07) is 0. The van der Waals surface area contributed by atoms with Crippen molar-refractivity contribution in [3.8, 4) is 0 Å². The Bertz CT molecular complexity index is 11.6. The van der Waals surface area contributed by atoms with Gasteiger partial charge in [0.05, 0.1) is 0 Å². The molecule has 0 spiro atoms. The molecule has 0 saturated heterocycles. The van der Waals surface area contributed by atoms with Crippen LogP contribution in [0.3, 0.4) is 0 Å². The van der Waals surface area contributed by atoms with Gasteiger partial charge < -0.3 is 0 Å². The molecule has 5 heteroatoms. The summed E-state index contributed by atoms with van der Waals surface area (Å²) in [5, 5.41) is 0. The van der Waals surface area contributed by atoms with Crippen LogP contribution in [0.5, 0.6) is 0 Å². The number of hydrogen-bond donors (Lipinski definition) is 0. The van der Waals surface area contributed by atoms with Gasteiger partial charge in [0.25, 0.3) is 0 Å². The largest absolute Gasteiger partial charge is 0 e. The molecule has 0 amide bonds. The molecule has 0 aliphatic heterocycles. The second-order valence-corrected chi connectivity index (χ2v) is 1.80. The van der Waals surface area contributed by atoms with E-state index in [2.05, 4.69) is 0 Å². The maximum atomic E-state index is 9.89. The summed E-state index contributed by atoms with van der Waals surface area (Å²) < 4.78 is 29.7. The third-order valence-electron chi connectivity index (χ3n) is 0. The molecule has 0 heterocycles. The number of halogens is 3. The van der Waals surface area contributed by atoms with E-state index in [0.29, 0.717) is 0 Å². The van der Waals surface area contributed by atoms with Crippen LogP contribution in [0.2, 0.25) is 0 Å². The second-order valence-electron chi connectivity index (χ2n) is 0.247. The van der Waals surface area contributed by atoms with Crippen molar-refractivity contribution < 1.29 is 84.0 Å². The zero-order valence-electron chi connectivity index (χ0n) is 1.98. The van der Waals surface area contributed by atoms with Crippen molar-refractivity contribution in [1.29, 1.82) is 0 Å². The van der Waals surface area contributed by atoms with Crippen molar-refractivity contribution in [2.24, 2.45) is 0 Å². The van der Waals surface area contributed by atoms with Crippen molar-refractivity contribution >= 4 is 0 Å². The SMILES string of the molecule is [F][La]([F])[F].[Yb]. The Kier molecular flexibility index (Phi) is 13.6. The first-order chi connectivity index (χ1) is 1.73. The molecule has 0 aliphatic rings. The van der Waals surface area contributed by atoms with E-state index < -0.39 is 32.2 Å². The molecular weight excluding hydrogens is 369 g/mol. The summed E-state index contributed by atoms with van der Waals surface area (Å²) in [7, 11) is 0. The molecule has 0 aromatic heterocycles. The summed E-state index contributed by atoms with van der Waals surface area (Å²) in [6.45, 7) is 0. The summed E-state index contributed by atoms with van der Waals surface area (Å²) >= 11 is -5.22. The van der Waals surface area contributed by atoms with E-state index in [-0.39, 0.29) is 46.9 Å². The van der Waals surface area contributed by atoms with E-state index in [1.54, 1.807) is 0 Å². The topological polar surface area (TPSA) is 0 Å². The van der Waals surface area contributed by atoms with Crippen LogP contribution in [0, 0.1) is 79.2 Å². The predicted octanol–water partition coefficient (Wildman–Crippen LogP) is 1.26. The van der Waals surface area contributed by atoms with Crippen LogP contribution < -0.4 is 0 Å². The van der Waals surface area contributed by atoms with E-state index in [4.69, 9.17) is 0 Å². The Balaban J connectivity index is 0. The van der Waals surface area contributed by atoms with Crippen LogP contribution in [-0.4, -0.2) is 0 Å². The molecule has 0 radical (unpaired) electrons. The minimum absolute atomic E-state index is 0. The van der Waals surface area contributed by atoms with Crippen LogP contribution in [0.1, 0.15) is 0 Å².